The molecule has 114 valence electrons. The molecule has 2 nitrogen and oxygen atoms in total. The molecule has 3 atom stereocenters. The largest absolute Gasteiger partial charge is 0.392 e. The third-order valence-corrected chi connectivity index (χ3v) is 5.09. The Hall–Kier alpha value is -0.510. The SMILES string of the molecule is CCCNC(CSC(C)C(C)O)c1ccc(C)cc1C. The molecule has 0 radical (unpaired) electrons. The van der Waals surface area contributed by atoms with Crippen LogP contribution in [0.25, 0.3) is 0 Å². The molecular formula is C17H29NOS. The summed E-state index contributed by atoms with van der Waals surface area (Å²) in [5.41, 5.74) is 4.05. The van der Waals surface area contributed by atoms with E-state index in [-0.39, 0.29) is 11.4 Å². The van der Waals surface area contributed by atoms with Gasteiger partial charge in [-0.2, -0.15) is 11.8 Å². The van der Waals surface area contributed by atoms with Crippen LogP contribution in [0.15, 0.2) is 18.2 Å². The molecule has 0 aromatic heterocycles. The highest BCUT2D eigenvalue weighted by atomic mass is 32.2. The molecule has 0 aliphatic rings. The van der Waals surface area contributed by atoms with E-state index >= 15 is 0 Å². The van der Waals surface area contributed by atoms with Crippen LogP contribution < -0.4 is 5.32 Å². The van der Waals surface area contributed by atoms with Gasteiger partial charge in [0.15, 0.2) is 0 Å². The number of hydrogen-bond donors (Lipinski definition) is 2. The van der Waals surface area contributed by atoms with Crippen molar-refractivity contribution in [2.75, 3.05) is 12.3 Å². The number of aliphatic hydroxyl groups is 1. The lowest BCUT2D eigenvalue weighted by molar-refractivity contribution is 0.196. The minimum Gasteiger partial charge on any atom is -0.392 e. The molecule has 2 N–H and O–H groups in total. The number of rotatable bonds is 8. The predicted molar refractivity (Wildman–Crippen MR) is 90.6 cm³/mol. The van der Waals surface area contributed by atoms with Gasteiger partial charge in [-0.05, 0) is 44.9 Å². The Morgan fingerprint density at radius 1 is 1.25 bits per heavy atom. The summed E-state index contributed by atoms with van der Waals surface area (Å²) in [7, 11) is 0. The quantitative estimate of drug-likeness (QED) is 0.764. The van der Waals surface area contributed by atoms with E-state index in [2.05, 4.69) is 51.2 Å². The molecule has 1 rings (SSSR count). The maximum atomic E-state index is 9.63. The standard InChI is InChI=1S/C17H29NOS/c1-6-9-18-17(11-20-15(5)14(4)19)16-8-7-12(2)10-13(16)3/h7-8,10,14-15,17-19H,6,9,11H2,1-5H3. The molecule has 1 aromatic rings. The summed E-state index contributed by atoms with van der Waals surface area (Å²) in [6.07, 6.45) is 0.879. The van der Waals surface area contributed by atoms with Gasteiger partial charge in [-0.1, -0.05) is 37.6 Å². The molecule has 0 aliphatic heterocycles. The Kier molecular flexibility index (Phi) is 7.63. The van der Waals surface area contributed by atoms with Gasteiger partial charge in [0.2, 0.25) is 0 Å². The van der Waals surface area contributed by atoms with Gasteiger partial charge >= 0.3 is 0 Å². The third-order valence-electron chi connectivity index (χ3n) is 3.65. The fourth-order valence-corrected chi connectivity index (χ4v) is 3.25. The van der Waals surface area contributed by atoms with Gasteiger partial charge in [-0.25, -0.2) is 0 Å². The van der Waals surface area contributed by atoms with Crippen LogP contribution in [0.4, 0.5) is 0 Å². The van der Waals surface area contributed by atoms with Crippen LogP contribution in [0.3, 0.4) is 0 Å². The second-order valence-electron chi connectivity index (χ2n) is 5.65. The summed E-state index contributed by atoms with van der Waals surface area (Å²) >= 11 is 1.84. The van der Waals surface area contributed by atoms with Crippen LogP contribution in [0.5, 0.6) is 0 Å². The average Bonchev–Trinajstić information content (AvgIpc) is 2.39. The molecule has 0 spiro atoms. The maximum absolute atomic E-state index is 9.63. The fourth-order valence-electron chi connectivity index (χ4n) is 2.18. The Bertz CT molecular complexity index is 406. The summed E-state index contributed by atoms with van der Waals surface area (Å²) in [4.78, 5) is 0. The van der Waals surface area contributed by atoms with Crippen LogP contribution in [-0.4, -0.2) is 28.8 Å². The second-order valence-corrected chi connectivity index (χ2v) is 7.06. The minimum atomic E-state index is -0.258. The number of aryl methyl sites for hydroxylation is 2. The summed E-state index contributed by atoms with van der Waals surface area (Å²) in [6.45, 7) is 11.5. The zero-order chi connectivity index (χ0) is 15.1. The fraction of sp³-hybridized carbons (Fsp3) is 0.647. The topological polar surface area (TPSA) is 32.3 Å². The second kappa shape index (κ2) is 8.71. The zero-order valence-corrected chi connectivity index (χ0v) is 14.3. The molecule has 0 amide bonds. The van der Waals surface area contributed by atoms with Gasteiger partial charge in [0.1, 0.15) is 0 Å². The summed E-state index contributed by atoms with van der Waals surface area (Å²) in [5, 5.41) is 13.5. The van der Waals surface area contributed by atoms with Crippen molar-refractivity contribution in [1.82, 2.24) is 5.32 Å². The van der Waals surface area contributed by atoms with Crippen molar-refractivity contribution in [3.05, 3.63) is 34.9 Å². The Morgan fingerprint density at radius 3 is 2.50 bits per heavy atom. The highest BCUT2D eigenvalue weighted by Gasteiger charge is 2.16. The molecule has 0 aliphatic carbocycles. The van der Waals surface area contributed by atoms with Crippen LogP contribution in [0, 0.1) is 13.8 Å². The Labute approximate surface area is 128 Å². The van der Waals surface area contributed by atoms with Crippen LogP contribution in [0.2, 0.25) is 0 Å². The average molecular weight is 295 g/mol. The van der Waals surface area contributed by atoms with E-state index in [0.29, 0.717) is 6.04 Å². The lowest BCUT2D eigenvalue weighted by Gasteiger charge is -2.23. The molecule has 20 heavy (non-hydrogen) atoms. The third kappa shape index (κ3) is 5.47. The van der Waals surface area contributed by atoms with Crippen molar-refractivity contribution in [1.29, 1.82) is 0 Å². The molecule has 3 unspecified atom stereocenters. The van der Waals surface area contributed by atoms with E-state index in [4.69, 9.17) is 0 Å². The first-order chi connectivity index (χ1) is 9.45. The van der Waals surface area contributed by atoms with Crippen molar-refractivity contribution in [3.8, 4) is 0 Å². The molecule has 0 heterocycles. The van der Waals surface area contributed by atoms with Crippen molar-refractivity contribution in [3.63, 3.8) is 0 Å². The normalized spacial score (nSPS) is 15.9. The van der Waals surface area contributed by atoms with Gasteiger partial charge in [-0.3, -0.25) is 0 Å². The predicted octanol–water partition coefficient (Wildman–Crippen LogP) is 3.85. The van der Waals surface area contributed by atoms with Crippen LogP contribution in [0.1, 0.15) is 49.9 Å². The number of hydrogen-bond acceptors (Lipinski definition) is 3. The number of thioether (sulfide) groups is 1. The van der Waals surface area contributed by atoms with Crippen molar-refractivity contribution >= 4 is 11.8 Å². The minimum absolute atomic E-state index is 0.258. The van der Waals surface area contributed by atoms with Crippen molar-refractivity contribution in [2.45, 2.75) is 58.4 Å². The first kappa shape index (κ1) is 17.5. The highest BCUT2D eigenvalue weighted by Crippen LogP contribution is 2.25. The lowest BCUT2D eigenvalue weighted by atomic mass is 10.00. The van der Waals surface area contributed by atoms with E-state index in [1.807, 2.05) is 18.7 Å². The molecular weight excluding hydrogens is 266 g/mol. The smallest absolute Gasteiger partial charge is 0.0628 e. The summed E-state index contributed by atoms with van der Waals surface area (Å²) in [5.74, 6) is 0.996. The Morgan fingerprint density at radius 2 is 1.95 bits per heavy atom. The van der Waals surface area contributed by atoms with Crippen molar-refractivity contribution < 1.29 is 5.11 Å². The van der Waals surface area contributed by atoms with E-state index in [1.165, 1.54) is 16.7 Å². The monoisotopic (exact) mass is 295 g/mol. The summed E-state index contributed by atoms with van der Waals surface area (Å²) in [6, 6.07) is 7.04. The number of nitrogens with one attached hydrogen (secondary N) is 1. The number of aliphatic hydroxyl groups excluding tert-OH is 1. The van der Waals surface area contributed by atoms with E-state index in [0.717, 1.165) is 18.7 Å². The maximum Gasteiger partial charge on any atom is 0.0628 e. The van der Waals surface area contributed by atoms with Gasteiger partial charge in [0, 0.05) is 17.0 Å². The van der Waals surface area contributed by atoms with Gasteiger partial charge < -0.3 is 10.4 Å². The molecule has 0 fully saturated rings. The number of benzene rings is 1. The molecule has 3 heteroatoms. The summed E-state index contributed by atoms with van der Waals surface area (Å²) < 4.78 is 0. The van der Waals surface area contributed by atoms with Gasteiger partial charge in [-0.15, -0.1) is 0 Å². The van der Waals surface area contributed by atoms with E-state index < -0.39 is 0 Å². The molecule has 1 aromatic carbocycles. The molecule has 0 saturated heterocycles. The van der Waals surface area contributed by atoms with Crippen LogP contribution in [-0.2, 0) is 0 Å². The van der Waals surface area contributed by atoms with E-state index in [1.54, 1.807) is 0 Å². The van der Waals surface area contributed by atoms with Gasteiger partial charge in [0.05, 0.1) is 6.10 Å². The highest BCUT2D eigenvalue weighted by molar-refractivity contribution is 7.99. The molecule has 0 saturated carbocycles. The Balaban J connectivity index is 2.77. The first-order valence-electron chi connectivity index (χ1n) is 7.55. The zero-order valence-electron chi connectivity index (χ0n) is 13.4. The molecule has 0 bridgehead atoms. The van der Waals surface area contributed by atoms with Crippen LogP contribution >= 0.6 is 11.8 Å². The lowest BCUT2D eigenvalue weighted by Crippen LogP contribution is -2.27. The van der Waals surface area contributed by atoms with Crippen molar-refractivity contribution in [2.24, 2.45) is 0 Å². The van der Waals surface area contributed by atoms with Gasteiger partial charge in [0.25, 0.3) is 0 Å². The van der Waals surface area contributed by atoms with E-state index in [9.17, 15) is 5.11 Å². The first-order valence-corrected chi connectivity index (χ1v) is 8.60.